The summed E-state index contributed by atoms with van der Waals surface area (Å²) in [7, 11) is 0. The number of hydrogen-bond donors (Lipinski definition) is 1. The molecule has 3 aromatic heterocycles. The Kier molecular flexibility index (Phi) is 5.97. The lowest BCUT2D eigenvalue weighted by molar-refractivity contribution is 0.0677. The van der Waals surface area contributed by atoms with Crippen molar-refractivity contribution in [1.29, 1.82) is 0 Å². The highest BCUT2D eigenvalue weighted by Gasteiger charge is 2.30. The predicted molar refractivity (Wildman–Crippen MR) is 118 cm³/mol. The zero-order valence-corrected chi connectivity index (χ0v) is 18.4. The summed E-state index contributed by atoms with van der Waals surface area (Å²) in [4.78, 5) is 32.5. The Morgan fingerprint density at radius 2 is 1.87 bits per heavy atom. The fourth-order valence-electron chi connectivity index (χ4n) is 4.02. The third-order valence-corrected chi connectivity index (χ3v) is 5.49. The number of oxazole rings is 1. The van der Waals surface area contributed by atoms with Gasteiger partial charge in [0.1, 0.15) is 0 Å². The molecular formula is C23H28N6O2. The lowest BCUT2D eigenvalue weighted by Gasteiger charge is -2.32. The largest absolute Gasteiger partial charge is 0.436 e. The average Bonchev–Trinajstić information content (AvgIpc) is 3.11. The van der Waals surface area contributed by atoms with Crippen molar-refractivity contribution in [2.75, 3.05) is 18.4 Å². The average molecular weight is 421 g/mol. The fraction of sp³-hybridized carbons (Fsp3) is 0.435. The maximum atomic E-state index is 12.9. The number of nitrogens with zero attached hydrogens (tertiary/aromatic N) is 5. The van der Waals surface area contributed by atoms with E-state index in [1.54, 1.807) is 19.3 Å². The maximum Gasteiger partial charge on any atom is 0.291 e. The van der Waals surface area contributed by atoms with Crippen molar-refractivity contribution in [2.24, 2.45) is 0 Å². The van der Waals surface area contributed by atoms with Crippen LogP contribution in [-0.4, -0.2) is 49.9 Å². The molecule has 1 fully saturated rings. The second kappa shape index (κ2) is 8.83. The third kappa shape index (κ3) is 4.57. The van der Waals surface area contributed by atoms with Crippen molar-refractivity contribution in [2.45, 2.75) is 52.5 Å². The maximum absolute atomic E-state index is 12.9. The quantitative estimate of drug-likeness (QED) is 0.667. The monoisotopic (exact) mass is 420 g/mol. The van der Waals surface area contributed by atoms with E-state index >= 15 is 0 Å². The van der Waals surface area contributed by atoms with Gasteiger partial charge in [0.25, 0.3) is 5.91 Å². The Morgan fingerprint density at radius 1 is 1.16 bits per heavy atom. The van der Waals surface area contributed by atoms with Gasteiger partial charge in [0.2, 0.25) is 11.7 Å². The van der Waals surface area contributed by atoms with Gasteiger partial charge >= 0.3 is 0 Å². The second-order valence-corrected chi connectivity index (χ2v) is 8.24. The molecule has 3 aromatic rings. The molecule has 1 aliphatic heterocycles. The van der Waals surface area contributed by atoms with Crippen molar-refractivity contribution in [3.8, 4) is 11.1 Å². The molecule has 0 saturated carbocycles. The number of likely N-dealkylation sites (tertiary alicyclic amines) is 1. The molecular weight excluding hydrogens is 392 g/mol. The second-order valence-electron chi connectivity index (χ2n) is 8.24. The van der Waals surface area contributed by atoms with Crippen LogP contribution < -0.4 is 5.32 Å². The molecule has 0 bridgehead atoms. The first kappa shape index (κ1) is 21.0. The first-order chi connectivity index (χ1) is 14.9. The van der Waals surface area contributed by atoms with E-state index < -0.39 is 0 Å². The standard InChI is InChI=1S/C23H28N6O2/c1-14(2)26-23-25-13-19(17-5-9-24-10-6-17)20(28-23)18-7-11-29(12-8-18)22(30)21-15(3)27-16(4)31-21/h5-6,9-10,13-14,18H,7-8,11-12H2,1-4H3,(H,25,26,28). The molecule has 8 nitrogen and oxygen atoms in total. The molecule has 1 aliphatic rings. The molecule has 162 valence electrons. The molecule has 0 radical (unpaired) electrons. The minimum Gasteiger partial charge on any atom is -0.436 e. The van der Waals surface area contributed by atoms with Crippen LogP contribution in [0, 0.1) is 13.8 Å². The number of carbonyl (C=O) groups is 1. The van der Waals surface area contributed by atoms with E-state index in [-0.39, 0.29) is 17.9 Å². The number of amides is 1. The molecule has 0 spiro atoms. The van der Waals surface area contributed by atoms with Crippen LogP contribution in [0.4, 0.5) is 5.95 Å². The molecule has 0 atom stereocenters. The van der Waals surface area contributed by atoms with Crippen LogP contribution in [0.2, 0.25) is 0 Å². The van der Waals surface area contributed by atoms with E-state index in [0.29, 0.717) is 36.4 Å². The van der Waals surface area contributed by atoms with Gasteiger partial charge in [-0.2, -0.15) is 0 Å². The SMILES string of the molecule is Cc1nc(C)c(C(=O)N2CCC(c3nc(NC(C)C)ncc3-c3ccncc3)CC2)o1. The topological polar surface area (TPSA) is 97.0 Å². The van der Waals surface area contributed by atoms with Crippen molar-refractivity contribution >= 4 is 11.9 Å². The Bertz CT molecular complexity index is 1060. The number of piperidine rings is 1. The molecule has 0 aromatic carbocycles. The molecule has 0 aliphatic carbocycles. The summed E-state index contributed by atoms with van der Waals surface area (Å²) in [5.41, 5.74) is 3.73. The Labute approximate surface area is 182 Å². The number of aryl methyl sites for hydroxylation is 2. The van der Waals surface area contributed by atoms with Gasteiger partial charge in [-0.1, -0.05) is 0 Å². The van der Waals surface area contributed by atoms with Crippen LogP contribution in [0.1, 0.15) is 60.4 Å². The highest BCUT2D eigenvalue weighted by atomic mass is 16.4. The van der Waals surface area contributed by atoms with Gasteiger partial charge in [0.15, 0.2) is 5.89 Å². The Morgan fingerprint density at radius 3 is 2.48 bits per heavy atom. The van der Waals surface area contributed by atoms with Gasteiger partial charge in [-0.05, 0) is 51.3 Å². The summed E-state index contributed by atoms with van der Waals surface area (Å²) in [6.45, 7) is 9.00. The molecule has 4 heterocycles. The number of aromatic nitrogens is 4. The first-order valence-electron chi connectivity index (χ1n) is 10.7. The molecule has 1 amide bonds. The number of nitrogens with one attached hydrogen (secondary N) is 1. The lowest BCUT2D eigenvalue weighted by atomic mass is 9.89. The highest BCUT2D eigenvalue weighted by molar-refractivity contribution is 5.92. The van der Waals surface area contributed by atoms with E-state index in [4.69, 9.17) is 9.40 Å². The van der Waals surface area contributed by atoms with Crippen molar-refractivity contribution in [3.05, 3.63) is 53.8 Å². The van der Waals surface area contributed by atoms with Gasteiger partial charge < -0.3 is 14.6 Å². The number of anilines is 1. The van der Waals surface area contributed by atoms with E-state index in [1.807, 2.05) is 30.2 Å². The summed E-state index contributed by atoms with van der Waals surface area (Å²) < 4.78 is 5.53. The van der Waals surface area contributed by atoms with E-state index in [1.165, 1.54) is 0 Å². The number of carbonyl (C=O) groups excluding carboxylic acids is 1. The van der Waals surface area contributed by atoms with E-state index in [0.717, 1.165) is 29.7 Å². The summed E-state index contributed by atoms with van der Waals surface area (Å²) in [5.74, 6) is 1.65. The molecule has 1 saturated heterocycles. The first-order valence-corrected chi connectivity index (χ1v) is 10.7. The van der Waals surface area contributed by atoms with Crippen molar-refractivity contribution in [3.63, 3.8) is 0 Å². The van der Waals surface area contributed by atoms with Gasteiger partial charge in [0.05, 0.1) is 11.4 Å². The molecule has 31 heavy (non-hydrogen) atoms. The molecule has 4 rings (SSSR count). The minimum atomic E-state index is -0.0873. The summed E-state index contributed by atoms with van der Waals surface area (Å²) in [5, 5.41) is 3.30. The Balaban J connectivity index is 1.56. The molecule has 0 unspecified atom stereocenters. The van der Waals surface area contributed by atoms with Gasteiger partial charge in [0, 0.05) is 56.1 Å². The zero-order valence-electron chi connectivity index (χ0n) is 18.4. The van der Waals surface area contributed by atoms with Crippen molar-refractivity contribution < 1.29 is 9.21 Å². The van der Waals surface area contributed by atoms with Crippen LogP contribution in [0.3, 0.4) is 0 Å². The molecule has 1 N–H and O–H groups in total. The van der Waals surface area contributed by atoms with Crippen LogP contribution in [0.5, 0.6) is 0 Å². The zero-order chi connectivity index (χ0) is 22.0. The van der Waals surface area contributed by atoms with Crippen LogP contribution in [0.25, 0.3) is 11.1 Å². The summed E-state index contributed by atoms with van der Waals surface area (Å²) >= 11 is 0. The molecule has 8 heteroatoms. The Hall–Kier alpha value is -3.29. The van der Waals surface area contributed by atoms with E-state index in [9.17, 15) is 4.79 Å². The predicted octanol–water partition coefficient (Wildman–Crippen LogP) is 3.98. The smallest absolute Gasteiger partial charge is 0.291 e. The fourth-order valence-corrected chi connectivity index (χ4v) is 4.02. The van der Waals surface area contributed by atoms with Crippen molar-refractivity contribution in [1.82, 2.24) is 24.8 Å². The number of rotatable bonds is 5. The third-order valence-electron chi connectivity index (χ3n) is 5.49. The van der Waals surface area contributed by atoms with Gasteiger partial charge in [-0.25, -0.2) is 15.0 Å². The number of pyridine rings is 1. The highest BCUT2D eigenvalue weighted by Crippen LogP contribution is 2.34. The summed E-state index contributed by atoms with van der Waals surface area (Å²) in [6, 6.07) is 4.20. The van der Waals surface area contributed by atoms with E-state index in [2.05, 4.69) is 34.1 Å². The summed E-state index contributed by atoms with van der Waals surface area (Å²) in [6.07, 6.45) is 7.10. The van der Waals surface area contributed by atoms with Gasteiger partial charge in [-0.3, -0.25) is 9.78 Å². The minimum absolute atomic E-state index is 0.0873. The van der Waals surface area contributed by atoms with Gasteiger partial charge in [-0.15, -0.1) is 0 Å². The normalized spacial score (nSPS) is 14.8. The number of hydrogen-bond acceptors (Lipinski definition) is 7. The lowest BCUT2D eigenvalue weighted by Crippen LogP contribution is -2.38. The van der Waals surface area contributed by atoms with Crippen LogP contribution in [-0.2, 0) is 0 Å². The van der Waals surface area contributed by atoms with Crippen LogP contribution >= 0.6 is 0 Å². The van der Waals surface area contributed by atoms with Crippen LogP contribution in [0.15, 0.2) is 35.1 Å².